The van der Waals surface area contributed by atoms with Crippen molar-refractivity contribution in [2.45, 2.75) is 40.0 Å². The summed E-state index contributed by atoms with van der Waals surface area (Å²) < 4.78 is 0. The minimum Gasteiger partial charge on any atom is -0.545 e. The van der Waals surface area contributed by atoms with Gasteiger partial charge in [-0.25, -0.2) is 0 Å². The molecule has 0 saturated heterocycles. The Hall–Kier alpha value is -0.790. The predicted molar refractivity (Wildman–Crippen MR) is 54.4 cm³/mol. The minimum atomic E-state index is -1.03. The van der Waals surface area contributed by atoms with E-state index in [1.54, 1.807) is 6.92 Å². The Morgan fingerprint density at radius 1 is 1.29 bits per heavy atom. The number of carbonyl (C=O) groups is 1. The number of carboxylic acid groups (broad SMARTS) is 1. The SMILES string of the molecule is C/C(=C\C1CCC(C)C(C)C1)C(=O)[O-]. The van der Waals surface area contributed by atoms with Crippen LogP contribution in [0.5, 0.6) is 0 Å². The fraction of sp³-hybridized carbons (Fsp3) is 0.750. The summed E-state index contributed by atoms with van der Waals surface area (Å²) in [6.45, 7) is 6.15. The second-order valence-electron chi connectivity index (χ2n) is 4.66. The second kappa shape index (κ2) is 4.63. The fourth-order valence-corrected chi connectivity index (χ4v) is 2.16. The minimum absolute atomic E-state index is 0.386. The molecule has 0 aliphatic heterocycles. The molecule has 80 valence electrons. The molecule has 0 aromatic rings. The van der Waals surface area contributed by atoms with Gasteiger partial charge >= 0.3 is 0 Å². The molecule has 0 N–H and O–H groups in total. The summed E-state index contributed by atoms with van der Waals surface area (Å²) in [4.78, 5) is 10.5. The lowest BCUT2D eigenvalue weighted by molar-refractivity contribution is -0.299. The molecule has 1 saturated carbocycles. The summed E-state index contributed by atoms with van der Waals surface area (Å²) in [6, 6.07) is 0. The quantitative estimate of drug-likeness (QED) is 0.630. The normalized spacial score (nSPS) is 34.2. The van der Waals surface area contributed by atoms with Gasteiger partial charge in [0.2, 0.25) is 0 Å². The van der Waals surface area contributed by atoms with Gasteiger partial charge in [0.15, 0.2) is 0 Å². The van der Waals surface area contributed by atoms with Crippen LogP contribution >= 0.6 is 0 Å². The van der Waals surface area contributed by atoms with Crippen LogP contribution in [-0.2, 0) is 4.79 Å². The van der Waals surface area contributed by atoms with Crippen molar-refractivity contribution in [1.29, 1.82) is 0 Å². The standard InChI is InChI=1S/C12H20O2/c1-8-4-5-11(6-9(8)2)7-10(3)12(13)14/h7-9,11H,4-6H2,1-3H3,(H,13,14)/p-1/b10-7+. The first-order valence-electron chi connectivity index (χ1n) is 5.40. The summed E-state index contributed by atoms with van der Waals surface area (Å²) in [7, 11) is 0. The average Bonchev–Trinajstić information content (AvgIpc) is 2.11. The molecule has 0 bridgehead atoms. The highest BCUT2D eigenvalue weighted by Crippen LogP contribution is 2.34. The van der Waals surface area contributed by atoms with Crippen LogP contribution in [0.1, 0.15) is 40.0 Å². The Balaban J connectivity index is 2.55. The first-order valence-corrected chi connectivity index (χ1v) is 5.40. The van der Waals surface area contributed by atoms with Gasteiger partial charge in [0.05, 0.1) is 5.97 Å². The second-order valence-corrected chi connectivity index (χ2v) is 4.66. The van der Waals surface area contributed by atoms with Gasteiger partial charge in [-0.05, 0) is 49.5 Å². The van der Waals surface area contributed by atoms with Gasteiger partial charge in [-0.1, -0.05) is 19.9 Å². The van der Waals surface area contributed by atoms with Crippen molar-refractivity contribution in [3.05, 3.63) is 11.6 Å². The average molecular weight is 195 g/mol. The maximum absolute atomic E-state index is 10.5. The van der Waals surface area contributed by atoms with Crippen LogP contribution in [0.4, 0.5) is 0 Å². The Labute approximate surface area is 86.0 Å². The van der Waals surface area contributed by atoms with E-state index in [4.69, 9.17) is 0 Å². The molecular weight excluding hydrogens is 176 g/mol. The van der Waals surface area contributed by atoms with E-state index in [2.05, 4.69) is 13.8 Å². The highest BCUT2D eigenvalue weighted by Gasteiger charge is 2.23. The smallest absolute Gasteiger partial charge is 0.0668 e. The Bertz CT molecular complexity index is 243. The topological polar surface area (TPSA) is 40.1 Å². The highest BCUT2D eigenvalue weighted by molar-refractivity contribution is 5.83. The Morgan fingerprint density at radius 3 is 2.43 bits per heavy atom. The summed E-state index contributed by atoms with van der Waals surface area (Å²) >= 11 is 0. The number of carbonyl (C=O) groups excluding carboxylic acids is 1. The first kappa shape index (κ1) is 11.3. The Morgan fingerprint density at radius 2 is 1.93 bits per heavy atom. The molecule has 0 spiro atoms. The monoisotopic (exact) mass is 195 g/mol. The van der Waals surface area contributed by atoms with E-state index < -0.39 is 5.97 Å². The molecule has 3 atom stereocenters. The molecule has 2 nitrogen and oxygen atoms in total. The van der Waals surface area contributed by atoms with Crippen LogP contribution in [0.25, 0.3) is 0 Å². The maximum atomic E-state index is 10.5. The van der Waals surface area contributed by atoms with Gasteiger partial charge in [0.25, 0.3) is 0 Å². The summed E-state index contributed by atoms with van der Waals surface area (Å²) in [5.74, 6) is 0.901. The number of hydrogen-bond donors (Lipinski definition) is 0. The number of allylic oxidation sites excluding steroid dienone is 1. The van der Waals surface area contributed by atoms with Gasteiger partial charge in [-0.2, -0.15) is 0 Å². The molecule has 14 heavy (non-hydrogen) atoms. The van der Waals surface area contributed by atoms with Crippen LogP contribution < -0.4 is 5.11 Å². The van der Waals surface area contributed by atoms with Gasteiger partial charge in [0.1, 0.15) is 0 Å². The molecule has 0 aromatic carbocycles. The Kier molecular flexibility index (Phi) is 3.73. The lowest BCUT2D eigenvalue weighted by Gasteiger charge is -2.30. The molecule has 1 aliphatic carbocycles. The number of hydrogen-bond acceptors (Lipinski definition) is 2. The zero-order valence-electron chi connectivity index (χ0n) is 9.25. The van der Waals surface area contributed by atoms with Crippen molar-refractivity contribution in [1.82, 2.24) is 0 Å². The van der Waals surface area contributed by atoms with Gasteiger partial charge in [-0.15, -0.1) is 0 Å². The lowest BCUT2D eigenvalue weighted by Crippen LogP contribution is -2.25. The molecule has 1 aliphatic rings. The molecule has 0 heterocycles. The third kappa shape index (κ3) is 2.86. The number of carboxylic acids is 1. The van der Waals surface area contributed by atoms with Crippen molar-refractivity contribution in [3.8, 4) is 0 Å². The van der Waals surface area contributed by atoms with E-state index in [1.807, 2.05) is 6.08 Å². The van der Waals surface area contributed by atoms with Gasteiger partial charge in [0, 0.05) is 0 Å². The van der Waals surface area contributed by atoms with Crippen molar-refractivity contribution < 1.29 is 9.90 Å². The van der Waals surface area contributed by atoms with E-state index in [-0.39, 0.29) is 0 Å². The van der Waals surface area contributed by atoms with Crippen molar-refractivity contribution >= 4 is 5.97 Å². The van der Waals surface area contributed by atoms with E-state index in [1.165, 1.54) is 6.42 Å². The predicted octanol–water partition coefficient (Wildman–Crippen LogP) is 1.75. The fourth-order valence-electron chi connectivity index (χ4n) is 2.16. The summed E-state index contributed by atoms with van der Waals surface area (Å²) in [5.41, 5.74) is 0.386. The van der Waals surface area contributed by atoms with E-state index >= 15 is 0 Å². The molecule has 3 unspecified atom stereocenters. The lowest BCUT2D eigenvalue weighted by atomic mass is 9.75. The maximum Gasteiger partial charge on any atom is 0.0668 e. The number of rotatable bonds is 2. The van der Waals surface area contributed by atoms with Crippen molar-refractivity contribution in [3.63, 3.8) is 0 Å². The largest absolute Gasteiger partial charge is 0.545 e. The molecular formula is C12H19O2-. The third-order valence-electron chi connectivity index (χ3n) is 3.45. The highest BCUT2D eigenvalue weighted by atomic mass is 16.4. The zero-order chi connectivity index (χ0) is 10.7. The van der Waals surface area contributed by atoms with E-state index in [0.29, 0.717) is 17.4 Å². The van der Waals surface area contributed by atoms with Crippen LogP contribution in [-0.4, -0.2) is 5.97 Å². The number of aliphatic carboxylic acids is 1. The van der Waals surface area contributed by atoms with Crippen molar-refractivity contribution in [2.24, 2.45) is 17.8 Å². The molecule has 2 heteroatoms. The van der Waals surface area contributed by atoms with Crippen molar-refractivity contribution in [2.75, 3.05) is 0 Å². The summed E-state index contributed by atoms with van der Waals surface area (Å²) in [6.07, 6.45) is 5.32. The molecule has 1 rings (SSSR count). The van der Waals surface area contributed by atoms with Crippen LogP contribution in [0.15, 0.2) is 11.6 Å². The van der Waals surface area contributed by atoms with Gasteiger partial charge in [-0.3, -0.25) is 0 Å². The van der Waals surface area contributed by atoms with Crippen LogP contribution in [0, 0.1) is 17.8 Å². The third-order valence-corrected chi connectivity index (χ3v) is 3.45. The summed E-state index contributed by atoms with van der Waals surface area (Å²) in [5, 5.41) is 10.5. The molecule has 1 fully saturated rings. The van der Waals surface area contributed by atoms with Crippen LogP contribution in [0.2, 0.25) is 0 Å². The molecule has 0 radical (unpaired) electrons. The zero-order valence-corrected chi connectivity index (χ0v) is 9.25. The molecule has 0 amide bonds. The first-order chi connectivity index (χ1) is 6.50. The van der Waals surface area contributed by atoms with E-state index in [9.17, 15) is 9.90 Å². The molecule has 0 aromatic heterocycles. The van der Waals surface area contributed by atoms with Crippen LogP contribution in [0.3, 0.4) is 0 Å². The van der Waals surface area contributed by atoms with Gasteiger partial charge < -0.3 is 9.90 Å². The van der Waals surface area contributed by atoms with E-state index in [0.717, 1.165) is 18.8 Å².